The minimum absolute atomic E-state index is 0.207. The Labute approximate surface area is 192 Å². The van der Waals surface area contributed by atoms with Crippen LogP contribution in [0.5, 0.6) is 0 Å². The first-order chi connectivity index (χ1) is 13.7. The molecule has 1 aliphatic carbocycles. The quantitative estimate of drug-likeness (QED) is 0.375. The number of hydrogen-bond acceptors (Lipinski definition) is 3. The minimum Gasteiger partial charge on any atom is -0.256 e. The summed E-state index contributed by atoms with van der Waals surface area (Å²) in [5.74, 6) is 0. The summed E-state index contributed by atoms with van der Waals surface area (Å²) in [6, 6.07) is 17.4. The fraction of sp³-hybridized carbons (Fsp3) is 0.320. The van der Waals surface area contributed by atoms with Gasteiger partial charge in [0.2, 0.25) is 0 Å². The highest BCUT2D eigenvalue weighted by molar-refractivity contribution is 9.10. The maximum Gasteiger partial charge on any atom is 0.0705 e. The van der Waals surface area contributed by atoms with Gasteiger partial charge in [-0.25, -0.2) is 0 Å². The summed E-state index contributed by atoms with van der Waals surface area (Å²) in [4.78, 5) is 4.82. The Bertz CT molecular complexity index is 1060. The summed E-state index contributed by atoms with van der Waals surface area (Å²) in [6.45, 7) is 11.6. The maximum atomic E-state index is 4.82. The molecule has 29 heavy (non-hydrogen) atoms. The fourth-order valence-corrected chi connectivity index (χ4v) is 5.32. The molecule has 0 unspecified atom stereocenters. The van der Waals surface area contributed by atoms with Crippen LogP contribution in [0.1, 0.15) is 50.8 Å². The van der Waals surface area contributed by atoms with E-state index >= 15 is 0 Å². The molecule has 0 saturated heterocycles. The standard InChI is InChI=1S/C25H26BrN.S2/c1-16-12-23(27-14-19(16)18-8-6-7-9-22(18)26)17-10-11-20-21(13-17)25(4,5)15-24(20,2)3;1-2/h6-14H,15H2,1-5H3;. The van der Waals surface area contributed by atoms with Crippen LogP contribution < -0.4 is 0 Å². The molecule has 0 saturated carbocycles. The lowest BCUT2D eigenvalue weighted by Gasteiger charge is -2.22. The van der Waals surface area contributed by atoms with E-state index in [-0.39, 0.29) is 10.8 Å². The van der Waals surface area contributed by atoms with Crippen molar-refractivity contribution >= 4 is 38.3 Å². The van der Waals surface area contributed by atoms with Crippen molar-refractivity contribution in [2.24, 2.45) is 0 Å². The monoisotopic (exact) mass is 483 g/mol. The molecule has 0 bridgehead atoms. The molecule has 150 valence electrons. The van der Waals surface area contributed by atoms with Gasteiger partial charge < -0.3 is 0 Å². The molecule has 0 N–H and O–H groups in total. The van der Waals surface area contributed by atoms with Crippen LogP contribution in [0.2, 0.25) is 0 Å². The van der Waals surface area contributed by atoms with Crippen LogP contribution in [0.25, 0.3) is 22.4 Å². The Kier molecular flexibility index (Phi) is 6.38. The molecular formula is C25H26BrNS2. The summed E-state index contributed by atoms with van der Waals surface area (Å²) < 4.78 is 1.10. The van der Waals surface area contributed by atoms with Crippen molar-refractivity contribution in [3.63, 3.8) is 0 Å². The van der Waals surface area contributed by atoms with Crippen molar-refractivity contribution in [1.29, 1.82) is 0 Å². The molecule has 1 heterocycles. The van der Waals surface area contributed by atoms with Crippen LogP contribution in [-0.4, -0.2) is 4.98 Å². The number of aromatic nitrogens is 1. The van der Waals surface area contributed by atoms with E-state index in [0.29, 0.717) is 0 Å². The third-order valence-electron chi connectivity index (χ3n) is 5.93. The Hall–Kier alpha value is -1.49. The van der Waals surface area contributed by atoms with E-state index < -0.39 is 0 Å². The second-order valence-corrected chi connectivity index (χ2v) is 9.92. The molecule has 1 aromatic heterocycles. The van der Waals surface area contributed by atoms with Gasteiger partial charge in [-0.15, -0.1) is 0 Å². The van der Waals surface area contributed by atoms with Gasteiger partial charge in [-0.2, -0.15) is 0 Å². The van der Waals surface area contributed by atoms with Crippen molar-refractivity contribution in [3.8, 4) is 22.4 Å². The van der Waals surface area contributed by atoms with Crippen molar-refractivity contribution in [2.75, 3.05) is 0 Å². The lowest BCUT2D eigenvalue weighted by molar-refractivity contribution is 0.403. The number of hydrogen-bond donors (Lipinski definition) is 0. The molecule has 0 atom stereocenters. The average molecular weight is 485 g/mol. The molecule has 1 aliphatic rings. The summed E-state index contributed by atoms with van der Waals surface area (Å²) >= 11 is 11.0. The lowest BCUT2D eigenvalue weighted by Crippen LogP contribution is -2.17. The summed E-state index contributed by atoms with van der Waals surface area (Å²) in [7, 11) is 0. The molecule has 1 nitrogen and oxygen atoms in total. The van der Waals surface area contributed by atoms with Crippen LogP contribution in [0.15, 0.2) is 59.2 Å². The van der Waals surface area contributed by atoms with Crippen LogP contribution in [-0.2, 0) is 33.2 Å². The zero-order valence-electron chi connectivity index (χ0n) is 17.5. The van der Waals surface area contributed by atoms with E-state index in [1.807, 2.05) is 12.3 Å². The van der Waals surface area contributed by atoms with Gasteiger partial charge in [-0.3, -0.25) is 4.98 Å². The highest BCUT2D eigenvalue weighted by Crippen LogP contribution is 2.50. The Balaban J connectivity index is 0.00000117. The van der Waals surface area contributed by atoms with Gasteiger partial charge in [-0.05, 0) is 64.6 Å². The van der Waals surface area contributed by atoms with Crippen molar-refractivity contribution < 1.29 is 0 Å². The molecule has 4 heteroatoms. The van der Waals surface area contributed by atoms with Crippen LogP contribution in [0, 0.1) is 6.92 Å². The third kappa shape index (κ3) is 4.21. The van der Waals surface area contributed by atoms with Gasteiger partial charge in [0.25, 0.3) is 0 Å². The topological polar surface area (TPSA) is 12.9 Å². The molecule has 0 radical (unpaired) electrons. The molecule has 0 spiro atoms. The first kappa shape index (κ1) is 22.2. The first-order valence-electron chi connectivity index (χ1n) is 9.73. The number of fused-ring (bicyclic) bond motifs is 1. The molecule has 0 amide bonds. The SMILES string of the molecule is Cc1cc(-c2ccc3c(c2)C(C)(C)CC3(C)C)ncc1-c1ccccc1Br.S=S. The van der Waals surface area contributed by atoms with Gasteiger partial charge in [-0.1, -0.05) is 74.0 Å². The van der Waals surface area contributed by atoms with Crippen molar-refractivity contribution in [3.05, 3.63) is 75.9 Å². The number of halogens is 1. The molecule has 0 aliphatic heterocycles. The largest absolute Gasteiger partial charge is 0.256 e. The maximum absolute atomic E-state index is 4.82. The predicted octanol–water partition coefficient (Wildman–Crippen LogP) is 7.44. The Morgan fingerprint density at radius 1 is 0.862 bits per heavy atom. The minimum atomic E-state index is 0.207. The zero-order valence-corrected chi connectivity index (χ0v) is 20.8. The average Bonchev–Trinajstić information content (AvgIpc) is 2.88. The van der Waals surface area contributed by atoms with E-state index in [4.69, 9.17) is 4.98 Å². The van der Waals surface area contributed by atoms with Gasteiger partial charge in [0.1, 0.15) is 0 Å². The first-order valence-corrected chi connectivity index (χ1v) is 11.9. The smallest absolute Gasteiger partial charge is 0.0705 e. The second-order valence-electron chi connectivity index (χ2n) is 9.07. The number of benzene rings is 2. The van der Waals surface area contributed by atoms with Gasteiger partial charge in [0.15, 0.2) is 0 Å². The second kappa shape index (κ2) is 8.33. The predicted molar refractivity (Wildman–Crippen MR) is 133 cm³/mol. The highest BCUT2D eigenvalue weighted by atomic mass is 79.9. The molecular weight excluding hydrogens is 458 g/mol. The third-order valence-corrected chi connectivity index (χ3v) is 6.62. The number of aryl methyl sites for hydroxylation is 1. The van der Waals surface area contributed by atoms with E-state index in [1.165, 1.54) is 39.8 Å². The van der Waals surface area contributed by atoms with E-state index in [2.05, 4.69) is 115 Å². The zero-order chi connectivity index (χ0) is 21.4. The van der Waals surface area contributed by atoms with E-state index in [9.17, 15) is 0 Å². The Morgan fingerprint density at radius 2 is 1.52 bits per heavy atom. The fourth-order valence-electron chi connectivity index (χ4n) is 4.82. The molecule has 2 aromatic carbocycles. The summed E-state index contributed by atoms with van der Waals surface area (Å²) in [6.07, 6.45) is 3.19. The van der Waals surface area contributed by atoms with Crippen molar-refractivity contribution in [1.82, 2.24) is 4.98 Å². The molecule has 4 rings (SSSR count). The highest BCUT2D eigenvalue weighted by Gasteiger charge is 2.41. The lowest BCUT2D eigenvalue weighted by atomic mass is 9.82. The molecule has 3 aromatic rings. The summed E-state index contributed by atoms with van der Waals surface area (Å²) in [5, 5.41) is 0. The van der Waals surface area contributed by atoms with Crippen LogP contribution in [0.4, 0.5) is 0 Å². The van der Waals surface area contributed by atoms with Gasteiger partial charge in [0, 0.05) is 44.2 Å². The van der Waals surface area contributed by atoms with E-state index in [0.717, 1.165) is 10.2 Å². The number of nitrogens with zero attached hydrogens (tertiary/aromatic N) is 1. The number of pyridine rings is 1. The van der Waals surface area contributed by atoms with Crippen LogP contribution in [0.3, 0.4) is 0 Å². The van der Waals surface area contributed by atoms with Gasteiger partial charge >= 0.3 is 0 Å². The Morgan fingerprint density at radius 3 is 2.17 bits per heavy atom. The molecule has 0 fully saturated rings. The van der Waals surface area contributed by atoms with Gasteiger partial charge in [0.05, 0.1) is 5.69 Å². The van der Waals surface area contributed by atoms with Crippen molar-refractivity contribution in [2.45, 2.75) is 51.9 Å². The normalized spacial score (nSPS) is 15.9. The summed E-state index contributed by atoms with van der Waals surface area (Å²) in [5.41, 5.74) is 9.26. The number of rotatable bonds is 2. The van der Waals surface area contributed by atoms with Crippen LogP contribution >= 0.6 is 15.9 Å². The van der Waals surface area contributed by atoms with E-state index in [1.54, 1.807) is 0 Å².